The first-order chi connectivity index (χ1) is 15.7. The predicted octanol–water partition coefficient (Wildman–Crippen LogP) is 3.81. The molecule has 2 aromatic heterocycles. The summed E-state index contributed by atoms with van der Waals surface area (Å²) in [6.45, 7) is 4.38. The number of aromatic nitrogens is 5. The van der Waals surface area contributed by atoms with Gasteiger partial charge in [0.15, 0.2) is 0 Å². The highest BCUT2D eigenvalue weighted by atomic mass is 16.5. The largest absolute Gasteiger partial charge is 0.497 e. The second kappa shape index (κ2) is 8.53. The van der Waals surface area contributed by atoms with Gasteiger partial charge in [-0.1, -0.05) is 19.1 Å². The molecule has 3 heterocycles. The Morgan fingerprint density at radius 1 is 1.09 bits per heavy atom. The minimum atomic E-state index is -0.190. The van der Waals surface area contributed by atoms with Crippen molar-refractivity contribution < 1.29 is 9.53 Å². The van der Waals surface area contributed by atoms with Gasteiger partial charge in [-0.2, -0.15) is 0 Å². The van der Waals surface area contributed by atoms with Crippen LogP contribution in [0.25, 0.3) is 22.1 Å². The lowest BCUT2D eigenvalue weighted by Crippen LogP contribution is -2.40. The molecule has 0 radical (unpaired) electrons. The number of para-hydroxylation sites is 2. The molecule has 1 saturated heterocycles. The molecule has 5 rings (SSSR count). The summed E-state index contributed by atoms with van der Waals surface area (Å²) in [6.07, 6.45) is 2.95. The molecule has 164 valence electrons. The van der Waals surface area contributed by atoms with Gasteiger partial charge in [-0.25, -0.2) is 9.97 Å². The molecule has 0 saturated carbocycles. The molecular formula is C24H26N6O2. The first-order valence-electron chi connectivity index (χ1n) is 11.1. The molecule has 1 amide bonds. The summed E-state index contributed by atoms with van der Waals surface area (Å²) in [5.74, 6) is 1.84. The zero-order chi connectivity index (χ0) is 22.1. The van der Waals surface area contributed by atoms with Crippen LogP contribution in [-0.2, 0) is 6.54 Å². The predicted molar refractivity (Wildman–Crippen MR) is 122 cm³/mol. The Bertz CT molecular complexity index is 1280. The summed E-state index contributed by atoms with van der Waals surface area (Å²) >= 11 is 0. The topological polar surface area (TPSA) is 86.0 Å². The highest BCUT2D eigenvalue weighted by Gasteiger charge is 2.30. The Labute approximate surface area is 186 Å². The van der Waals surface area contributed by atoms with Crippen LogP contribution in [0.5, 0.6) is 5.75 Å². The summed E-state index contributed by atoms with van der Waals surface area (Å²) in [7, 11) is 1.60. The molecule has 1 fully saturated rings. The number of fused-ring (bicyclic) bond motifs is 2. The van der Waals surface area contributed by atoms with E-state index < -0.39 is 0 Å². The van der Waals surface area contributed by atoms with Gasteiger partial charge in [-0.3, -0.25) is 4.79 Å². The fourth-order valence-electron chi connectivity index (χ4n) is 4.51. The molecule has 32 heavy (non-hydrogen) atoms. The van der Waals surface area contributed by atoms with Crippen LogP contribution in [0.3, 0.4) is 0 Å². The number of likely N-dealkylation sites (tertiary alicyclic amines) is 1. The van der Waals surface area contributed by atoms with Gasteiger partial charge < -0.3 is 14.2 Å². The summed E-state index contributed by atoms with van der Waals surface area (Å²) in [6, 6.07) is 13.6. The lowest BCUT2D eigenvalue weighted by Gasteiger charge is -2.32. The molecule has 0 N–H and O–H groups in total. The fraction of sp³-hybridized carbons (Fsp3) is 0.375. The summed E-state index contributed by atoms with van der Waals surface area (Å²) in [5.41, 5.74) is 3.40. The molecule has 1 aliphatic rings. The highest BCUT2D eigenvalue weighted by Crippen LogP contribution is 2.30. The van der Waals surface area contributed by atoms with Crippen molar-refractivity contribution in [3.05, 3.63) is 54.1 Å². The average Bonchev–Trinajstić information content (AvgIpc) is 3.21. The second-order valence-electron chi connectivity index (χ2n) is 8.19. The number of carbonyl (C=O) groups excluding carboxylic acids is 1. The van der Waals surface area contributed by atoms with E-state index >= 15 is 0 Å². The molecular weight excluding hydrogens is 404 g/mol. The second-order valence-corrected chi connectivity index (χ2v) is 8.19. The lowest BCUT2D eigenvalue weighted by atomic mass is 9.97. The third-order valence-corrected chi connectivity index (χ3v) is 6.06. The van der Waals surface area contributed by atoms with Crippen LogP contribution in [0.4, 0.5) is 0 Å². The smallest absolute Gasteiger partial charge is 0.293 e. The monoisotopic (exact) mass is 430 g/mol. The standard InChI is InChI=1S/C24H26N6O2/c1-3-12-30-21-9-5-4-8-19(21)26-23(30)16-7-6-13-29(15-16)24(31)22-25-20-14-17(32-2)10-11-18(20)27-28-22/h4-5,8-11,14,16H,3,6-7,12-13,15H2,1-2H3. The van der Waals surface area contributed by atoms with E-state index in [1.54, 1.807) is 25.3 Å². The number of piperidine rings is 1. The zero-order valence-corrected chi connectivity index (χ0v) is 18.4. The number of hydrogen-bond donors (Lipinski definition) is 0. The molecule has 0 spiro atoms. The SMILES string of the molecule is CCCn1c(C2CCCN(C(=O)c3nnc4ccc(OC)cc4n3)C2)nc2ccccc21. The van der Waals surface area contributed by atoms with E-state index in [4.69, 9.17) is 9.72 Å². The van der Waals surface area contributed by atoms with Crippen LogP contribution in [0.1, 0.15) is 48.5 Å². The third kappa shape index (κ3) is 3.66. The van der Waals surface area contributed by atoms with Crippen molar-refractivity contribution in [2.75, 3.05) is 20.2 Å². The van der Waals surface area contributed by atoms with E-state index in [9.17, 15) is 4.79 Å². The van der Waals surface area contributed by atoms with E-state index in [1.165, 1.54) is 0 Å². The summed E-state index contributed by atoms with van der Waals surface area (Å²) < 4.78 is 7.58. The van der Waals surface area contributed by atoms with Crippen LogP contribution in [0, 0.1) is 0 Å². The van der Waals surface area contributed by atoms with Gasteiger partial charge in [-0.05, 0) is 43.5 Å². The Balaban J connectivity index is 1.43. The van der Waals surface area contributed by atoms with E-state index in [-0.39, 0.29) is 17.6 Å². The summed E-state index contributed by atoms with van der Waals surface area (Å²) in [4.78, 5) is 24.5. The zero-order valence-electron chi connectivity index (χ0n) is 18.4. The molecule has 2 aromatic carbocycles. The van der Waals surface area contributed by atoms with Crippen molar-refractivity contribution in [3.8, 4) is 5.75 Å². The summed E-state index contributed by atoms with van der Waals surface area (Å²) in [5, 5.41) is 8.29. The Kier molecular flexibility index (Phi) is 5.43. The maximum absolute atomic E-state index is 13.3. The van der Waals surface area contributed by atoms with Gasteiger partial charge in [-0.15, -0.1) is 10.2 Å². The van der Waals surface area contributed by atoms with Gasteiger partial charge in [0.1, 0.15) is 17.1 Å². The number of methoxy groups -OCH3 is 1. The normalized spacial score (nSPS) is 16.6. The molecule has 8 heteroatoms. The molecule has 1 atom stereocenters. The van der Waals surface area contributed by atoms with Crippen LogP contribution in [0.15, 0.2) is 42.5 Å². The molecule has 8 nitrogen and oxygen atoms in total. The third-order valence-electron chi connectivity index (χ3n) is 6.06. The highest BCUT2D eigenvalue weighted by molar-refractivity contribution is 5.92. The molecule has 4 aromatic rings. The number of ether oxygens (including phenoxy) is 1. The van der Waals surface area contributed by atoms with Gasteiger partial charge in [0.25, 0.3) is 5.91 Å². The van der Waals surface area contributed by atoms with Crippen LogP contribution >= 0.6 is 0 Å². The minimum Gasteiger partial charge on any atom is -0.497 e. The van der Waals surface area contributed by atoms with Crippen molar-refractivity contribution in [1.29, 1.82) is 0 Å². The number of aryl methyl sites for hydroxylation is 1. The molecule has 1 unspecified atom stereocenters. The van der Waals surface area contributed by atoms with E-state index in [0.29, 0.717) is 29.9 Å². The van der Waals surface area contributed by atoms with Crippen molar-refractivity contribution in [1.82, 2.24) is 29.6 Å². The molecule has 0 aliphatic carbocycles. The maximum Gasteiger partial charge on any atom is 0.293 e. The van der Waals surface area contributed by atoms with E-state index in [2.05, 4.69) is 44.9 Å². The number of rotatable bonds is 5. The van der Waals surface area contributed by atoms with Crippen molar-refractivity contribution in [2.24, 2.45) is 0 Å². The number of nitrogens with zero attached hydrogens (tertiary/aromatic N) is 6. The van der Waals surface area contributed by atoms with Crippen LogP contribution < -0.4 is 4.74 Å². The van der Waals surface area contributed by atoms with Crippen molar-refractivity contribution in [3.63, 3.8) is 0 Å². The molecule has 0 bridgehead atoms. The Morgan fingerprint density at radius 3 is 2.81 bits per heavy atom. The lowest BCUT2D eigenvalue weighted by molar-refractivity contribution is 0.0690. The van der Waals surface area contributed by atoms with Gasteiger partial charge in [0, 0.05) is 31.6 Å². The van der Waals surface area contributed by atoms with Crippen LogP contribution in [0.2, 0.25) is 0 Å². The van der Waals surface area contributed by atoms with Crippen molar-refractivity contribution in [2.45, 2.75) is 38.6 Å². The minimum absolute atomic E-state index is 0.119. The number of imidazole rings is 1. The number of carbonyl (C=O) groups is 1. The van der Waals surface area contributed by atoms with Gasteiger partial charge in [0.05, 0.1) is 23.7 Å². The van der Waals surface area contributed by atoms with Crippen molar-refractivity contribution >= 4 is 28.0 Å². The quantitative estimate of drug-likeness (QED) is 0.479. The van der Waals surface area contributed by atoms with Gasteiger partial charge >= 0.3 is 0 Å². The maximum atomic E-state index is 13.3. The Hall–Kier alpha value is -3.55. The van der Waals surface area contributed by atoms with Gasteiger partial charge in [0.2, 0.25) is 5.82 Å². The Morgan fingerprint density at radius 2 is 1.97 bits per heavy atom. The van der Waals surface area contributed by atoms with E-state index in [1.807, 2.05) is 11.0 Å². The fourth-order valence-corrected chi connectivity index (χ4v) is 4.51. The first kappa shape index (κ1) is 20.4. The van der Waals surface area contributed by atoms with Crippen LogP contribution in [-0.4, -0.2) is 55.7 Å². The number of hydrogen-bond acceptors (Lipinski definition) is 6. The number of amides is 1. The average molecular weight is 431 g/mol. The van der Waals surface area contributed by atoms with E-state index in [0.717, 1.165) is 42.7 Å². The first-order valence-corrected chi connectivity index (χ1v) is 11.1. The number of benzene rings is 2. The molecule has 1 aliphatic heterocycles.